The molecule has 6 aromatic rings. The molecule has 0 amide bonds. The Bertz CT molecular complexity index is 1740. The number of hydrogen-bond donors (Lipinski definition) is 0. The van der Waals surface area contributed by atoms with E-state index in [9.17, 15) is 0 Å². The first-order valence-electron chi connectivity index (χ1n) is 16.1. The molecule has 47 heavy (non-hydrogen) atoms. The third-order valence-electron chi connectivity index (χ3n) is 7.50. The Balaban J connectivity index is 1.36. The molecule has 6 nitrogen and oxygen atoms in total. The van der Waals surface area contributed by atoms with Crippen LogP contribution in [-0.2, 0) is 0 Å². The van der Waals surface area contributed by atoms with Crippen LogP contribution in [0.5, 0.6) is 11.5 Å². The van der Waals surface area contributed by atoms with Crippen LogP contribution in [0, 0.1) is 11.8 Å². The second-order valence-corrected chi connectivity index (χ2v) is 12.3. The first-order valence-corrected chi connectivity index (χ1v) is 16.1. The summed E-state index contributed by atoms with van der Waals surface area (Å²) in [6.45, 7) is 9.97. The van der Waals surface area contributed by atoms with E-state index in [0.29, 0.717) is 25.0 Å². The Morgan fingerprint density at radius 1 is 0.489 bits per heavy atom. The van der Waals surface area contributed by atoms with Crippen molar-refractivity contribution in [1.29, 1.82) is 0 Å². The van der Waals surface area contributed by atoms with Gasteiger partial charge in [0.05, 0.1) is 36.0 Å². The summed E-state index contributed by atoms with van der Waals surface area (Å²) in [5.41, 5.74) is 8.44. The second-order valence-electron chi connectivity index (χ2n) is 12.3. The maximum absolute atomic E-state index is 5.97. The van der Waals surface area contributed by atoms with Gasteiger partial charge in [-0.2, -0.15) is 0 Å². The summed E-state index contributed by atoms with van der Waals surface area (Å²) in [4.78, 5) is 16.3. The third kappa shape index (κ3) is 8.03. The summed E-state index contributed by atoms with van der Waals surface area (Å²) in [6.07, 6.45) is 3.58. The Morgan fingerprint density at radius 3 is 1.30 bits per heavy atom. The highest BCUT2D eigenvalue weighted by Crippen LogP contribution is 2.38. The maximum Gasteiger partial charge on any atom is 0.119 e. The smallest absolute Gasteiger partial charge is 0.119 e. The van der Waals surface area contributed by atoms with Gasteiger partial charge in [-0.15, -0.1) is 0 Å². The number of pyridine rings is 3. The first kappa shape index (κ1) is 31.5. The fourth-order valence-corrected chi connectivity index (χ4v) is 5.15. The molecule has 0 aliphatic rings. The molecule has 3 heterocycles. The zero-order chi connectivity index (χ0) is 32.6. The summed E-state index contributed by atoms with van der Waals surface area (Å²) in [6, 6.07) is 41.1. The van der Waals surface area contributed by atoms with Crippen molar-refractivity contribution in [2.75, 3.05) is 18.1 Å². The normalized spacial score (nSPS) is 11.1. The van der Waals surface area contributed by atoms with Gasteiger partial charge >= 0.3 is 0 Å². The predicted octanol–water partition coefficient (Wildman–Crippen LogP) is 10.4. The van der Waals surface area contributed by atoms with E-state index in [2.05, 4.69) is 103 Å². The Kier molecular flexibility index (Phi) is 9.87. The van der Waals surface area contributed by atoms with Crippen molar-refractivity contribution in [3.05, 3.63) is 134 Å². The number of hydrogen-bond acceptors (Lipinski definition) is 6. The minimum Gasteiger partial charge on any atom is -0.493 e. The van der Waals surface area contributed by atoms with Gasteiger partial charge in [0.1, 0.15) is 11.5 Å². The molecule has 236 valence electrons. The molecule has 0 spiro atoms. The van der Waals surface area contributed by atoms with Crippen LogP contribution in [0.3, 0.4) is 0 Å². The average Bonchev–Trinajstić information content (AvgIpc) is 3.12. The Morgan fingerprint density at radius 2 is 0.915 bits per heavy atom. The third-order valence-corrected chi connectivity index (χ3v) is 7.50. The van der Waals surface area contributed by atoms with Crippen LogP contribution in [0.4, 0.5) is 17.1 Å². The van der Waals surface area contributed by atoms with Gasteiger partial charge in [-0.3, -0.25) is 9.97 Å². The van der Waals surface area contributed by atoms with E-state index >= 15 is 0 Å². The molecule has 0 saturated carbocycles. The van der Waals surface area contributed by atoms with Crippen LogP contribution < -0.4 is 14.4 Å². The second kappa shape index (κ2) is 14.7. The zero-order valence-electron chi connectivity index (χ0n) is 27.4. The fourth-order valence-electron chi connectivity index (χ4n) is 5.15. The molecule has 6 heteroatoms. The van der Waals surface area contributed by atoms with Crippen LogP contribution in [0.15, 0.2) is 134 Å². The lowest BCUT2D eigenvalue weighted by Crippen LogP contribution is -2.10. The molecule has 0 N–H and O–H groups in total. The highest BCUT2D eigenvalue weighted by molar-refractivity contribution is 5.80. The van der Waals surface area contributed by atoms with Crippen molar-refractivity contribution in [2.24, 2.45) is 11.8 Å². The quantitative estimate of drug-likeness (QED) is 0.136. The minimum atomic E-state index is 0.460. The van der Waals surface area contributed by atoms with Crippen LogP contribution in [0.25, 0.3) is 33.9 Å². The van der Waals surface area contributed by atoms with E-state index in [0.717, 1.165) is 62.5 Å². The van der Waals surface area contributed by atoms with E-state index < -0.39 is 0 Å². The standard InChI is InChI=1S/C41H40N4O2/c1-29(2)27-46-36-19-15-34(16-20-36)45(35-17-21-37(22-18-35)47-28-30(3)4)33-13-11-31(12-14-33)32-25-40(38-9-5-7-23-42-38)44-41(26-32)39-10-6-8-24-43-39/h5-26,29-30H,27-28H2,1-4H3. The van der Waals surface area contributed by atoms with Gasteiger partial charge in [-0.05, 0) is 120 Å². The molecule has 6 rings (SSSR count). The van der Waals surface area contributed by atoms with Gasteiger partial charge in [-0.25, -0.2) is 4.98 Å². The average molecular weight is 621 g/mol. The van der Waals surface area contributed by atoms with E-state index in [-0.39, 0.29) is 0 Å². The molecule has 0 aliphatic heterocycles. The number of anilines is 3. The van der Waals surface area contributed by atoms with Crippen LogP contribution in [0.1, 0.15) is 27.7 Å². The summed E-state index contributed by atoms with van der Waals surface area (Å²) in [7, 11) is 0. The van der Waals surface area contributed by atoms with Crippen molar-refractivity contribution in [1.82, 2.24) is 15.0 Å². The summed E-state index contributed by atoms with van der Waals surface area (Å²) >= 11 is 0. The molecule has 0 aliphatic carbocycles. The minimum absolute atomic E-state index is 0.460. The molecule has 3 aromatic carbocycles. The van der Waals surface area contributed by atoms with E-state index in [4.69, 9.17) is 14.5 Å². The predicted molar refractivity (Wildman–Crippen MR) is 191 cm³/mol. The first-order chi connectivity index (χ1) is 22.9. The lowest BCUT2D eigenvalue weighted by atomic mass is 10.0. The number of ether oxygens (including phenoxy) is 2. The van der Waals surface area contributed by atoms with E-state index in [1.807, 2.05) is 60.7 Å². The number of aromatic nitrogens is 3. The molecular formula is C41H40N4O2. The van der Waals surface area contributed by atoms with Crippen LogP contribution >= 0.6 is 0 Å². The van der Waals surface area contributed by atoms with Crippen molar-refractivity contribution in [3.63, 3.8) is 0 Å². The van der Waals surface area contributed by atoms with E-state index in [1.165, 1.54) is 0 Å². The summed E-state index contributed by atoms with van der Waals surface area (Å²) in [5, 5.41) is 0. The largest absolute Gasteiger partial charge is 0.493 e. The van der Waals surface area contributed by atoms with E-state index in [1.54, 1.807) is 12.4 Å². The lowest BCUT2D eigenvalue weighted by molar-refractivity contribution is 0.271. The maximum atomic E-state index is 5.97. The molecule has 0 fully saturated rings. The molecule has 0 radical (unpaired) electrons. The highest BCUT2D eigenvalue weighted by atomic mass is 16.5. The van der Waals surface area contributed by atoms with Crippen LogP contribution in [0.2, 0.25) is 0 Å². The SMILES string of the molecule is CC(C)COc1ccc(N(c2ccc(OCC(C)C)cc2)c2ccc(-c3cc(-c4ccccn4)nc(-c4ccccn4)c3)cc2)cc1. The van der Waals surface area contributed by atoms with Crippen molar-refractivity contribution in [3.8, 4) is 45.4 Å². The van der Waals surface area contributed by atoms with Gasteiger partial charge in [0, 0.05) is 29.5 Å². The summed E-state index contributed by atoms with van der Waals surface area (Å²) < 4.78 is 11.9. The van der Waals surface area contributed by atoms with Gasteiger partial charge in [0.15, 0.2) is 0 Å². The van der Waals surface area contributed by atoms with Crippen LogP contribution in [-0.4, -0.2) is 28.2 Å². The molecule has 0 bridgehead atoms. The van der Waals surface area contributed by atoms with Gasteiger partial charge in [-0.1, -0.05) is 52.0 Å². The van der Waals surface area contributed by atoms with Gasteiger partial charge in [0.2, 0.25) is 0 Å². The van der Waals surface area contributed by atoms with Gasteiger partial charge < -0.3 is 14.4 Å². The molecule has 0 saturated heterocycles. The summed E-state index contributed by atoms with van der Waals surface area (Å²) in [5.74, 6) is 2.64. The van der Waals surface area contributed by atoms with Crippen molar-refractivity contribution < 1.29 is 9.47 Å². The highest BCUT2D eigenvalue weighted by Gasteiger charge is 2.15. The number of nitrogens with zero attached hydrogens (tertiary/aromatic N) is 4. The van der Waals surface area contributed by atoms with Crippen molar-refractivity contribution in [2.45, 2.75) is 27.7 Å². The molecule has 0 atom stereocenters. The van der Waals surface area contributed by atoms with Gasteiger partial charge in [0.25, 0.3) is 0 Å². The number of rotatable bonds is 12. The fraction of sp³-hybridized carbons (Fsp3) is 0.195. The molecule has 0 unspecified atom stereocenters. The molecule has 3 aromatic heterocycles. The number of benzene rings is 3. The monoisotopic (exact) mass is 620 g/mol. The lowest BCUT2D eigenvalue weighted by Gasteiger charge is -2.26. The molecular weight excluding hydrogens is 580 g/mol. The Labute approximate surface area is 277 Å². The zero-order valence-corrected chi connectivity index (χ0v) is 27.4. The van der Waals surface area contributed by atoms with Crippen molar-refractivity contribution >= 4 is 17.1 Å². The topological polar surface area (TPSA) is 60.4 Å². The Hall–Kier alpha value is -5.49.